The van der Waals surface area contributed by atoms with Crippen LogP contribution < -0.4 is 36.6 Å². The number of hydrogen-bond acceptors (Lipinski definition) is 16. The van der Waals surface area contributed by atoms with Crippen LogP contribution in [0.5, 0.6) is 5.75 Å². The average molecular weight is 2000 g/mol. The molecule has 0 radical (unpaired) electrons. The van der Waals surface area contributed by atoms with E-state index in [2.05, 4.69) is 73.4 Å². The topological polar surface area (TPSA) is 369 Å². The molecule has 31 heteroatoms. The van der Waals surface area contributed by atoms with Gasteiger partial charge in [-0.2, -0.15) is 15.3 Å². The molecule has 774 valence electrons. The second kappa shape index (κ2) is 53.7. The molecule has 9 N–H and O–H groups in total. The van der Waals surface area contributed by atoms with Gasteiger partial charge in [0.2, 0.25) is 0 Å². The van der Waals surface area contributed by atoms with Crippen molar-refractivity contribution in [3.63, 3.8) is 0 Å². The van der Waals surface area contributed by atoms with Gasteiger partial charge < -0.3 is 81.4 Å². The molecule has 3 aliphatic rings. The molecule has 0 bridgehead atoms. The van der Waals surface area contributed by atoms with Gasteiger partial charge >= 0.3 is 18.1 Å². The lowest BCUT2D eigenvalue weighted by molar-refractivity contribution is 0.0539. The number of ether oxygens (including phenoxy) is 1. The summed E-state index contributed by atoms with van der Waals surface area (Å²) >= 11 is 0. The Morgan fingerprint density at radius 3 is 0.993 bits per heavy atom. The van der Waals surface area contributed by atoms with Crippen LogP contribution in [0.1, 0.15) is 261 Å². The highest BCUT2D eigenvalue weighted by molar-refractivity contribution is 6.04. The van der Waals surface area contributed by atoms with Crippen LogP contribution in [-0.4, -0.2) is 212 Å². The number of amides is 12. The molecule has 3 aromatic heterocycles. The molecule has 31 nitrogen and oxygen atoms in total. The van der Waals surface area contributed by atoms with Crippen molar-refractivity contribution < 1.29 is 63.2 Å². The lowest BCUT2D eigenvalue weighted by atomic mass is 9.93. The smallest absolute Gasteiger partial charge is 0.319 e. The Labute approximate surface area is 862 Å². The summed E-state index contributed by atoms with van der Waals surface area (Å²) in [5.74, 6) is -0.665. The summed E-state index contributed by atoms with van der Waals surface area (Å²) in [6.45, 7) is 25.0. The van der Waals surface area contributed by atoms with Gasteiger partial charge in [-0.25, -0.2) is 28.4 Å². The van der Waals surface area contributed by atoms with E-state index in [1.165, 1.54) is 0 Å². The first-order valence-electron chi connectivity index (χ1n) is 51.7. The molecular weight excluding hydrogens is 1850 g/mol. The molecule has 0 unspecified atom stereocenters. The summed E-state index contributed by atoms with van der Waals surface area (Å²) in [4.78, 5) is 134. The summed E-state index contributed by atoms with van der Waals surface area (Å²) in [5, 5.41) is 62.6. The van der Waals surface area contributed by atoms with E-state index in [1.807, 2.05) is 200 Å². The van der Waals surface area contributed by atoms with Gasteiger partial charge in [-0.05, 0) is 209 Å². The number of methoxy groups -OCH3 is 1. The lowest BCUT2D eigenvalue weighted by Gasteiger charge is -2.36. The average Bonchev–Trinajstić information content (AvgIpc) is 1.68. The number of unbranched alkanes of at least 4 members (excludes halogenated alkanes) is 6. The number of nitrogens with one attached hydrogen (secondary N) is 6. The van der Waals surface area contributed by atoms with Crippen LogP contribution in [0, 0.1) is 20.8 Å². The third-order valence-electron chi connectivity index (χ3n) is 27.1. The van der Waals surface area contributed by atoms with Crippen molar-refractivity contribution in [1.29, 1.82) is 0 Å². The van der Waals surface area contributed by atoms with Gasteiger partial charge in [0.05, 0.1) is 84.9 Å². The first-order valence-corrected chi connectivity index (χ1v) is 51.7. The molecule has 0 aliphatic carbocycles. The van der Waals surface area contributed by atoms with E-state index >= 15 is 0 Å². The third kappa shape index (κ3) is 28.2. The van der Waals surface area contributed by atoms with Crippen LogP contribution in [0.2, 0.25) is 0 Å². The van der Waals surface area contributed by atoms with Crippen LogP contribution in [0.25, 0.3) is 17.1 Å². The molecule has 12 amide bonds. The highest BCUT2D eigenvalue weighted by Gasteiger charge is 2.38. The van der Waals surface area contributed by atoms with Gasteiger partial charge in [-0.3, -0.25) is 28.8 Å². The molecule has 4 atom stereocenters. The first-order chi connectivity index (χ1) is 71.3. The fourth-order valence-corrected chi connectivity index (χ4v) is 18.7. The number of aryl methyl sites for hydroxylation is 3. The molecular formula is C116H142N18O13. The van der Waals surface area contributed by atoms with Crippen molar-refractivity contribution in [2.75, 3.05) is 82.1 Å². The minimum atomic E-state index is -0.454. The number of aromatic nitrogens is 6. The minimum absolute atomic E-state index is 0.131. The van der Waals surface area contributed by atoms with Crippen molar-refractivity contribution in [3.05, 3.63) is 331 Å². The Morgan fingerprint density at radius 1 is 0.367 bits per heavy atom. The number of fused-ring (bicyclic) bond motifs is 3. The maximum absolute atomic E-state index is 14.5. The second-order valence-corrected chi connectivity index (χ2v) is 37.8. The van der Waals surface area contributed by atoms with Crippen LogP contribution in [0.3, 0.4) is 0 Å². The predicted molar refractivity (Wildman–Crippen MR) is 573 cm³/mol. The van der Waals surface area contributed by atoms with Gasteiger partial charge in [-0.15, -0.1) is 0 Å². The summed E-state index contributed by atoms with van der Waals surface area (Å²) in [5.41, 5.74) is 15.7. The summed E-state index contributed by atoms with van der Waals surface area (Å²) in [7, 11) is 1.58. The van der Waals surface area contributed by atoms with Crippen molar-refractivity contribution in [2.24, 2.45) is 0 Å². The maximum atomic E-state index is 14.5. The molecule has 147 heavy (non-hydrogen) atoms. The van der Waals surface area contributed by atoms with Crippen LogP contribution in [0.15, 0.2) is 231 Å². The molecule has 6 heterocycles. The Kier molecular flexibility index (Phi) is 39.9. The lowest BCUT2D eigenvalue weighted by Crippen LogP contribution is -2.46. The SMILES string of the molecule is CCCCN(CCCC)C(=O)c1cc(C)n(-c2ccc(NC(=O)NCc3ccccc3)cc2C(=O)N2Cc3ccccc3C[C@H]2CO)n1.CCCCN(CCCC)C(=O)c1cc(C)n(-c2ccc(NC(=O)NCc3ccccc3OC)cc2C(=O)N2Cc3ccccc3C[C@H]2CO)n1.CCCCN(CCCC)C(=O)c1cc(C)n(-c2ccc(NC(=O)N[C@@H](C)c3ccccc3)cc2C(=O)N2Cc3ccccc3C[C@H]2CO)n1. The normalized spacial score (nSPS) is 14.1. The fraction of sp³-hybridized carbons (Fsp3) is 0.379. The minimum Gasteiger partial charge on any atom is -0.496 e. The molecule has 0 fully saturated rings. The van der Waals surface area contributed by atoms with E-state index in [0.29, 0.717) is 170 Å². The number of aliphatic hydroxyl groups excluding tert-OH is 3. The number of rotatable bonds is 40. The van der Waals surface area contributed by atoms with E-state index in [0.717, 1.165) is 127 Å². The van der Waals surface area contributed by atoms with Gasteiger partial charge in [0.25, 0.3) is 35.4 Å². The second-order valence-electron chi connectivity index (χ2n) is 37.8. The molecule has 0 saturated heterocycles. The number of carbonyl (C=O) groups is 9. The molecule has 0 saturated carbocycles. The van der Waals surface area contributed by atoms with Gasteiger partial charge in [0.15, 0.2) is 17.1 Å². The molecule has 15 rings (SSSR count). The number of benzene rings is 9. The monoisotopic (exact) mass is 2000 g/mol. The summed E-state index contributed by atoms with van der Waals surface area (Å²) in [6.07, 6.45) is 12.9. The zero-order chi connectivity index (χ0) is 105. The van der Waals surface area contributed by atoms with Gasteiger partial charge in [0.1, 0.15) is 5.75 Å². The highest BCUT2D eigenvalue weighted by atomic mass is 16.5. The number of aliphatic hydroxyl groups is 3. The quantitative estimate of drug-likeness (QED) is 0.0172. The number of anilines is 3. The Morgan fingerprint density at radius 2 is 0.667 bits per heavy atom. The standard InChI is InChI=1S/C39H48N6O5.C39H48N6O4.C38H46N6O4/c1-5-7-19-43(20-8-6-2)38(48)34-21-27(3)45(42-34)35-18-17-31(41-39(49)40-24-29-14-11-12-16-36(29)50-4)23-33(35)37(47)44-25-30-15-10-9-13-28(30)22-32(44)26-46;1-5-7-20-43(21-8-6-2)38(48)35-22-27(3)45(42-35)36-19-18-32(41-39(49)40-28(4)29-14-10-9-11-15-29)24-34(36)37(47)44-25-31-17-13-12-16-30(31)23-33(44)26-46;1-4-6-19-42(20-7-5-2)37(47)34-21-27(3)44(41-34)35-18-17-31(40-38(48)39-24-28-13-9-8-10-14-28)23-33(35)36(46)43-25-30-16-12-11-15-29(30)22-32(43)26-45/h9-18,21,23,32,46H,5-8,19-20,22,24-26H2,1-4H3,(H2,40,41,49);9-19,22,24,28,33,46H,5-8,20-21,23,25-26H2,1-4H3,(H2,40,41,49);8-18,21,23,32,45H,4-7,19-20,22,24-26H2,1-3H3,(H2,39,40,48)/t32-;28-,33-;32-/m000/s1. The number of urea groups is 3. The Balaban J connectivity index is 0.000000184. The van der Waals surface area contributed by atoms with Gasteiger partial charge in [0, 0.05) is 112 Å². The zero-order valence-corrected chi connectivity index (χ0v) is 86.5. The van der Waals surface area contributed by atoms with Crippen molar-refractivity contribution in [3.8, 4) is 22.8 Å². The van der Waals surface area contributed by atoms with E-state index in [9.17, 15) is 58.5 Å². The van der Waals surface area contributed by atoms with E-state index < -0.39 is 36.2 Å². The number of carbonyl (C=O) groups excluding carboxylic acids is 9. The molecule has 0 spiro atoms. The Bertz CT molecular complexity index is 6470. The number of para-hydroxylation sites is 1. The number of nitrogens with zero attached hydrogens (tertiary/aromatic N) is 12. The van der Waals surface area contributed by atoms with Crippen LogP contribution >= 0.6 is 0 Å². The Hall–Kier alpha value is -15.1. The van der Waals surface area contributed by atoms with Crippen LogP contribution in [-0.2, 0) is 52.0 Å². The highest BCUT2D eigenvalue weighted by Crippen LogP contribution is 2.36. The van der Waals surface area contributed by atoms with Gasteiger partial charge in [-0.1, -0.05) is 232 Å². The van der Waals surface area contributed by atoms with Crippen molar-refractivity contribution in [1.82, 2.24) is 74.7 Å². The molecule has 12 aromatic rings. The summed E-state index contributed by atoms with van der Waals surface area (Å²) < 4.78 is 10.3. The van der Waals surface area contributed by atoms with Crippen molar-refractivity contribution >= 4 is 70.6 Å². The zero-order valence-electron chi connectivity index (χ0n) is 86.5. The first kappa shape index (κ1) is 109. The third-order valence-corrected chi connectivity index (χ3v) is 27.1. The number of hydrogen-bond donors (Lipinski definition) is 9. The van der Waals surface area contributed by atoms with Crippen LogP contribution in [0.4, 0.5) is 31.4 Å². The molecule has 9 aromatic carbocycles. The molecule has 3 aliphatic heterocycles. The van der Waals surface area contributed by atoms with Crippen molar-refractivity contribution in [2.45, 2.75) is 222 Å². The van der Waals surface area contributed by atoms with E-state index in [-0.39, 0.29) is 73.4 Å². The largest absolute Gasteiger partial charge is 0.496 e. The summed E-state index contributed by atoms with van der Waals surface area (Å²) in [6, 6.07) is 68.3. The van der Waals surface area contributed by atoms with E-state index in [1.54, 1.807) is 109 Å². The maximum Gasteiger partial charge on any atom is 0.319 e. The van der Waals surface area contributed by atoms with E-state index in [4.69, 9.17) is 20.0 Å². The fourth-order valence-electron chi connectivity index (χ4n) is 18.7. The predicted octanol–water partition coefficient (Wildman–Crippen LogP) is 18.9.